The SMILES string of the molecule is COc1ccc(C2CNC2=O)cc1. The van der Waals surface area contributed by atoms with E-state index in [2.05, 4.69) is 5.32 Å². The number of rotatable bonds is 2. The largest absolute Gasteiger partial charge is 0.497 e. The van der Waals surface area contributed by atoms with Crippen molar-refractivity contribution in [3.63, 3.8) is 0 Å². The van der Waals surface area contributed by atoms with E-state index in [0.29, 0.717) is 0 Å². The van der Waals surface area contributed by atoms with Gasteiger partial charge in [0, 0.05) is 6.54 Å². The molecular formula is C10H11NO2. The van der Waals surface area contributed by atoms with Crippen LogP contribution in [0.4, 0.5) is 0 Å². The molecule has 1 fully saturated rings. The second-order valence-electron chi connectivity index (χ2n) is 3.07. The maximum absolute atomic E-state index is 11.0. The molecule has 1 saturated heterocycles. The molecule has 0 spiro atoms. The highest BCUT2D eigenvalue weighted by Crippen LogP contribution is 2.23. The number of nitrogens with one attached hydrogen (secondary N) is 1. The molecule has 1 aromatic rings. The van der Waals surface area contributed by atoms with E-state index in [4.69, 9.17) is 4.74 Å². The Labute approximate surface area is 76.7 Å². The molecule has 1 atom stereocenters. The van der Waals surface area contributed by atoms with Crippen LogP contribution in [0.25, 0.3) is 0 Å². The second kappa shape index (κ2) is 3.09. The van der Waals surface area contributed by atoms with Crippen LogP contribution in [0.15, 0.2) is 24.3 Å². The van der Waals surface area contributed by atoms with E-state index in [0.717, 1.165) is 17.9 Å². The summed E-state index contributed by atoms with van der Waals surface area (Å²) in [7, 11) is 1.63. The molecule has 2 rings (SSSR count). The van der Waals surface area contributed by atoms with E-state index < -0.39 is 0 Å². The number of hydrogen-bond acceptors (Lipinski definition) is 2. The van der Waals surface area contributed by atoms with Gasteiger partial charge in [0.25, 0.3) is 0 Å². The van der Waals surface area contributed by atoms with E-state index in [-0.39, 0.29) is 11.8 Å². The van der Waals surface area contributed by atoms with Crippen molar-refractivity contribution in [2.24, 2.45) is 0 Å². The van der Waals surface area contributed by atoms with Gasteiger partial charge in [-0.15, -0.1) is 0 Å². The number of methoxy groups -OCH3 is 1. The second-order valence-corrected chi connectivity index (χ2v) is 3.07. The fraction of sp³-hybridized carbons (Fsp3) is 0.300. The topological polar surface area (TPSA) is 38.3 Å². The first-order valence-corrected chi connectivity index (χ1v) is 4.23. The van der Waals surface area contributed by atoms with Crippen LogP contribution in [0.3, 0.4) is 0 Å². The van der Waals surface area contributed by atoms with Gasteiger partial charge in [-0.3, -0.25) is 4.79 Å². The van der Waals surface area contributed by atoms with Crippen LogP contribution in [0.1, 0.15) is 11.5 Å². The fourth-order valence-electron chi connectivity index (χ4n) is 1.39. The van der Waals surface area contributed by atoms with Crippen molar-refractivity contribution in [1.82, 2.24) is 5.32 Å². The predicted molar refractivity (Wildman–Crippen MR) is 48.7 cm³/mol. The number of carbonyl (C=O) groups is 1. The Kier molecular flexibility index (Phi) is 1.93. The molecule has 0 saturated carbocycles. The average Bonchev–Trinajstić information content (AvgIpc) is 2.17. The molecular weight excluding hydrogens is 166 g/mol. The standard InChI is InChI=1S/C10H11NO2/c1-13-8-4-2-7(3-5-8)9-6-11-10(9)12/h2-5,9H,6H2,1H3,(H,11,12). The van der Waals surface area contributed by atoms with Gasteiger partial charge in [0.1, 0.15) is 5.75 Å². The molecule has 1 N–H and O–H groups in total. The molecule has 1 heterocycles. The van der Waals surface area contributed by atoms with Crippen LogP contribution in [0, 0.1) is 0 Å². The number of amides is 1. The third-order valence-corrected chi connectivity index (χ3v) is 2.32. The summed E-state index contributed by atoms with van der Waals surface area (Å²) < 4.78 is 5.03. The average molecular weight is 177 g/mol. The van der Waals surface area contributed by atoms with Gasteiger partial charge in [-0.2, -0.15) is 0 Å². The van der Waals surface area contributed by atoms with Crippen LogP contribution in [0.2, 0.25) is 0 Å². The summed E-state index contributed by atoms with van der Waals surface area (Å²) in [6, 6.07) is 7.62. The zero-order valence-corrected chi connectivity index (χ0v) is 7.41. The predicted octanol–water partition coefficient (Wildman–Crippen LogP) is 0.909. The number of ether oxygens (including phenoxy) is 1. The van der Waals surface area contributed by atoms with Crippen LogP contribution < -0.4 is 10.1 Å². The Hall–Kier alpha value is -1.51. The van der Waals surface area contributed by atoms with Crippen molar-refractivity contribution < 1.29 is 9.53 Å². The Morgan fingerprint density at radius 3 is 2.46 bits per heavy atom. The molecule has 0 aromatic heterocycles. The first-order chi connectivity index (χ1) is 6.31. The van der Waals surface area contributed by atoms with Crippen molar-refractivity contribution in [3.8, 4) is 5.75 Å². The summed E-state index contributed by atoms with van der Waals surface area (Å²) in [4.78, 5) is 11.0. The lowest BCUT2D eigenvalue weighted by molar-refractivity contribution is -0.127. The van der Waals surface area contributed by atoms with Crippen LogP contribution in [-0.2, 0) is 4.79 Å². The number of β-lactam (4-membered cyclic amide) rings is 1. The minimum atomic E-state index is 0.0471. The Morgan fingerprint density at radius 1 is 1.38 bits per heavy atom. The van der Waals surface area contributed by atoms with Gasteiger partial charge in [0.05, 0.1) is 13.0 Å². The highest BCUT2D eigenvalue weighted by Gasteiger charge is 2.28. The minimum Gasteiger partial charge on any atom is -0.497 e. The summed E-state index contributed by atoms with van der Waals surface area (Å²) in [5.74, 6) is 0.986. The van der Waals surface area contributed by atoms with E-state index in [9.17, 15) is 4.79 Å². The maximum atomic E-state index is 11.0. The zero-order valence-electron chi connectivity index (χ0n) is 7.41. The van der Waals surface area contributed by atoms with Crippen molar-refractivity contribution >= 4 is 5.91 Å². The van der Waals surface area contributed by atoms with Gasteiger partial charge in [-0.1, -0.05) is 12.1 Å². The van der Waals surface area contributed by atoms with Crippen LogP contribution in [-0.4, -0.2) is 19.6 Å². The monoisotopic (exact) mass is 177 g/mol. The van der Waals surface area contributed by atoms with Gasteiger partial charge in [0.15, 0.2) is 0 Å². The van der Waals surface area contributed by atoms with Gasteiger partial charge >= 0.3 is 0 Å². The molecule has 1 unspecified atom stereocenters. The third kappa shape index (κ3) is 1.37. The maximum Gasteiger partial charge on any atom is 0.229 e. The number of hydrogen-bond donors (Lipinski definition) is 1. The molecule has 3 heteroatoms. The molecule has 68 valence electrons. The fourth-order valence-corrected chi connectivity index (χ4v) is 1.39. The van der Waals surface area contributed by atoms with Gasteiger partial charge < -0.3 is 10.1 Å². The molecule has 1 aliphatic heterocycles. The van der Waals surface area contributed by atoms with Gasteiger partial charge in [0.2, 0.25) is 5.91 Å². The Bertz CT molecular complexity index is 318. The van der Waals surface area contributed by atoms with E-state index in [1.165, 1.54) is 0 Å². The van der Waals surface area contributed by atoms with Crippen molar-refractivity contribution in [3.05, 3.63) is 29.8 Å². The number of benzene rings is 1. The molecule has 0 bridgehead atoms. The third-order valence-electron chi connectivity index (χ3n) is 2.32. The first kappa shape index (κ1) is 8.10. The summed E-state index contributed by atoms with van der Waals surface area (Å²) in [6.45, 7) is 0.755. The van der Waals surface area contributed by atoms with E-state index in [1.807, 2.05) is 24.3 Å². The summed E-state index contributed by atoms with van der Waals surface area (Å²) >= 11 is 0. The number of carbonyl (C=O) groups excluding carboxylic acids is 1. The smallest absolute Gasteiger partial charge is 0.229 e. The lowest BCUT2D eigenvalue weighted by Gasteiger charge is -2.26. The molecule has 1 aliphatic rings. The Balaban J connectivity index is 2.18. The van der Waals surface area contributed by atoms with Crippen molar-refractivity contribution in [1.29, 1.82) is 0 Å². The van der Waals surface area contributed by atoms with E-state index in [1.54, 1.807) is 7.11 Å². The Morgan fingerprint density at radius 2 is 2.08 bits per heavy atom. The first-order valence-electron chi connectivity index (χ1n) is 4.23. The summed E-state index contributed by atoms with van der Waals surface area (Å²) in [5, 5.41) is 2.72. The minimum absolute atomic E-state index is 0.0471. The highest BCUT2D eigenvalue weighted by molar-refractivity contribution is 5.89. The normalized spacial score (nSPS) is 20.4. The molecule has 0 aliphatic carbocycles. The van der Waals surface area contributed by atoms with Gasteiger partial charge in [-0.05, 0) is 17.7 Å². The highest BCUT2D eigenvalue weighted by atomic mass is 16.5. The molecule has 13 heavy (non-hydrogen) atoms. The zero-order chi connectivity index (χ0) is 9.26. The van der Waals surface area contributed by atoms with Crippen molar-refractivity contribution in [2.75, 3.05) is 13.7 Å². The summed E-state index contributed by atoms with van der Waals surface area (Å²) in [5.41, 5.74) is 1.06. The van der Waals surface area contributed by atoms with Crippen LogP contribution >= 0.6 is 0 Å². The molecule has 0 radical (unpaired) electrons. The van der Waals surface area contributed by atoms with Crippen molar-refractivity contribution in [2.45, 2.75) is 5.92 Å². The molecule has 3 nitrogen and oxygen atoms in total. The molecule has 1 aromatic carbocycles. The van der Waals surface area contributed by atoms with Crippen LogP contribution in [0.5, 0.6) is 5.75 Å². The van der Waals surface area contributed by atoms with E-state index >= 15 is 0 Å². The lowest BCUT2D eigenvalue weighted by Crippen LogP contribution is -2.46. The lowest BCUT2D eigenvalue weighted by atomic mass is 9.93. The quantitative estimate of drug-likeness (QED) is 0.682. The van der Waals surface area contributed by atoms with Gasteiger partial charge in [-0.25, -0.2) is 0 Å². The summed E-state index contributed by atoms with van der Waals surface area (Å²) in [6.07, 6.45) is 0. The molecule has 1 amide bonds.